The van der Waals surface area contributed by atoms with E-state index in [1.807, 2.05) is 18.2 Å². The van der Waals surface area contributed by atoms with Crippen LogP contribution in [-0.4, -0.2) is 12.0 Å². The molecule has 0 amide bonds. The molecule has 15 heavy (non-hydrogen) atoms. The van der Waals surface area contributed by atoms with Crippen molar-refractivity contribution in [3.8, 4) is 0 Å². The van der Waals surface area contributed by atoms with E-state index < -0.39 is 12.0 Å². The van der Waals surface area contributed by atoms with E-state index in [2.05, 4.69) is 12.1 Å². The van der Waals surface area contributed by atoms with E-state index in [0.717, 1.165) is 19.3 Å². The molecule has 0 aliphatic rings. The zero-order valence-corrected chi connectivity index (χ0v) is 8.69. The molecule has 0 heterocycles. The lowest BCUT2D eigenvalue weighted by Crippen LogP contribution is -2.41. The normalized spacial score (nSPS) is 12.3. The first-order chi connectivity index (χ1) is 7.20. The zero-order valence-electron chi connectivity index (χ0n) is 8.69. The lowest BCUT2D eigenvalue weighted by Gasteiger charge is -2.11. The molecule has 3 nitrogen and oxygen atoms in total. The van der Waals surface area contributed by atoms with Crippen molar-refractivity contribution in [2.45, 2.75) is 31.7 Å². The standard InChI is InChI=1S/C12H17NO2/c13-11(12(14)15)9-5-4-8-10-6-2-1-3-7-10/h1-3,6-7,11H,4-5,8-9,13H2,(H,14,15)/p-1. The van der Waals surface area contributed by atoms with Gasteiger partial charge in [0.2, 0.25) is 0 Å². The second-order valence-electron chi connectivity index (χ2n) is 3.66. The van der Waals surface area contributed by atoms with Crippen molar-refractivity contribution < 1.29 is 9.90 Å². The number of carboxylic acids is 1. The molecule has 0 saturated carbocycles. The number of hydrogen-bond donors (Lipinski definition) is 1. The van der Waals surface area contributed by atoms with Crippen molar-refractivity contribution in [3.63, 3.8) is 0 Å². The molecular formula is C12H16NO2-. The highest BCUT2D eigenvalue weighted by Gasteiger charge is 2.02. The van der Waals surface area contributed by atoms with E-state index in [4.69, 9.17) is 5.73 Å². The fourth-order valence-corrected chi connectivity index (χ4v) is 1.46. The number of aliphatic carboxylic acids is 1. The van der Waals surface area contributed by atoms with Gasteiger partial charge in [0, 0.05) is 6.04 Å². The third kappa shape index (κ3) is 4.61. The van der Waals surface area contributed by atoms with E-state index in [9.17, 15) is 9.90 Å². The van der Waals surface area contributed by atoms with Gasteiger partial charge in [-0.2, -0.15) is 0 Å². The molecular weight excluding hydrogens is 190 g/mol. The summed E-state index contributed by atoms with van der Waals surface area (Å²) >= 11 is 0. The number of nitrogens with two attached hydrogens (primary N) is 1. The van der Waals surface area contributed by atoms with Gasteiger partial charge in [-0.1, -0.05) is 36.8 Å². The number of hydrogen-bond acceptors (Lipinski definition) is 3. The summed E-state index contributed by atoms with van der Waals surface area (Å²) in [5.74, 6) is -1.16. The quantitative estimate of drug-likeness (QED) is 0.688. The summed E-state index contributed by atoms with van der Waals surface area (Å²) in [6.45, 7) is 0. The maximum absolute atomic E-state index is 10.3. The topological polar surface area (TPSA) is 66.2 Å². The molecule has 0 radical (unpaired) electrons. The number of carbonyl (C=O) groups excluding carboxylic acids is 1. The first-order valence-electron chi connectivity index (χ1n) is 5.20. The number of benzene rings is 1. The second-order valence-corrected chi connectivity index (χ2v) is 3.66. The Morgan fingerprint density at radius 2 is 1.93 bits per heavy atom. The van der Waals surface area contributed by atoms with Gasteiger partial charge in [0.25, 0.3) is 0 Å². The molecule has 0 bridgehead atoms. The van der Waals surface area contributed by atoms with E-state index in [1.165, 1.54) is 5.56 Å². The lowest BCUT2D eigenvalue weighted by atomic mass is 10.0. The molecule has 0 saturated heterocycles. The number of carbonyl (C=O) groups is 1. The summed E-state index contributed by atoms with van der Waals surface area (Å²) in [5, 5.41) is 10.3. The predicted octanol–water partition coefficient (Wildman–Crippen LogP) is 0.477. The minimum Gasteiger partial charge on any atom is -0.548 e. The van der Waals surface area contributed by atoms with E-state index in [-0.39, 0.29) is 0 Å². The van der Waals surface area contributed by atoms with Crippen LogP contribution in [-0.2, 0) is 11.2 Å². The Bertz CT molecular complexity index is 298. The highest BCUT2D eigenvalue weighted by Crippen LogP contribution is 2.06. The number of aryl methyl sites for hydroxylation is 1. The molecule has 1 aromatic carbocycles. The largest absolute Gasteiger partial charge is 0.548 e. The molecule has 2 N–H and O–H groups in total. The van der Waals surface area contributed by atoms with Gasteiger partial charge in [0.1, 0.15) is 0 Å². The van der Waals surface area contributed by atoms with E-state index >= 15 is 0 Å². The van der Waals surface area contributed by atoms with Crippen LogP contribution < -0.4 is 10.8 Å². The second kappa shape index (κ2) is 6.19. The van der Waals surface area contributed by atoms with Crippen LogP contribution >= 0.6 is 0 Å². The summed E-state index contributed by atoms with van der Waals surface area (Å²) in [6.07, 6.45) is 3.25. The number of unbranched alkanes of at least 4 members (excludes halogenated alkanes) is 1. The first-order valence-corrected chi connectivity index (χ1v) is 5.20. The summed E-state index contributed by atoms with van der Waals surface area (Å²) in [4.78, 5) is 10.3. The van der Waals surface area contributed by atoms with Crippen molar-refractivity contribution in [2.24, 2.45) is 5.73 Å². The van der Waals surface area contributed by atoms with Gasteiger partial charge < -0.3 is 15.6 Å². The van der Waals surface area contributed by atoms with Crippen LogP contribution in [0.15, 0.2) is 30.3 Å². The fourth-order valence-electron chi connectivity index (χ4n) is 1.46. The monoisotopic (exact) mass is 206 g/mol. The molecule has 1 rings (SSSR count). The molecule has 82 valence electrons. The summed E-state index contributed by atoms with van der Waals surface area (Å²) in [6, 6.07) is 9.30. The Labute approximate surface area is 89.9 Å². The zero-order chi connectivity index (χ0) is 11.1. The molecule has 1 aromatic rings. The maximum Gasteiger partial charge on any atom is 0.0582 e. The Hall–Kier alpha value is -1.35. The van der Waals surface area contributed by atoms with E-state index in [0.29, 0.717) is 6.42 Å². The average Bonchev–Trinajstić information content (AvgIpc) is 2.25. The molecule has 0 spiro atoms. The van der Waals surface area contributed by atoms with Crippen LogP contribution in [0.25, 0.3) is 0 Å². The number of rotatable bonds is 6. The maximum atomic E-state index is 10.3. The van der Waals surface area contributed by atoms with E-state index in [1.54, 1.807) is 0 Å². The van der Waals surface area contributed by atoms with Gasteiger partial charge in [-0.25, -0.2) is 0 Å². The smallest absolute Gasteiger partial charge is 0.0582 e. The molecule has 1 unspecified atom stereocenters. The SMILES string of the molecule is NC(CCCCc1ccccc1)C(=O)[O-]. The van der Waals surface area contributed by atoms with Crippen LogP contribution in [0.4, 0.5) is 0 Å². The van der Waals surface area contributed by atoms with Gasteiger partial charge in [0.05, 0.1) is 5.97 Å². The fraction of sp³-hybridized carbons (Fsp3) is 0.417. The Morgan fingerprint density at radius 1 is 1.27 bits per heavy atom. The lowest BCUT2D eigenvalue weighted by molar-refractivity contribution is -0.307. The van der Waals surface area contributed by atoms with Crippen LogP contribution in [0.2, 0.25) is 0 Å². The van der Waals surface area contributed by atoms with Crippen molar-refractivity contribution in [1.29, 1.82) is 0 Å². The molecule has 0 fully saturated rings. The van der Waals surface area contributed by atoms with Gasteiger partial charge in [-0.15, -0.1) is 0 Å². The summed E-state index contributed by atoms with van der Waals surface area (Å²) in [5.41, 5.74) is 6.61. The third-order valence-corrected chi connectivity index (χ3v) is 2.38. The van der Waals surface area contributed by atoms with Crippen LogP contribution in [0.5, 0.6) is 0 Å². The van der Waals surface area contributed by atoms with Crippen LogP contribution in [0.1, 0.15) is 24.8 Å². The number of carboxylic acid groups (broad SMARTS) is 1. The van der Waals surface area contributed by atoms with Crippen LogP contribution in [0, 0.1) is 0 Å². The van der Waals surface area contributed by atoms with Gasteiger partial charge in [-0.3, -0.25) is 0 Å². The summed E-state index contributed by atoms with van der Waals surface area (Å²) in [7, 11) is 0. The first kappa shape index (κ1) is 11.7. The van der Waals surface area contributed by atoms with Crippen molar-refractivity contribution in [2.75, 3.05) is 0 Å². The van der Waals surface area contributed by atoms with Crippen molar-refractivity contribution in [1.82, 2.24) is 0 Å². The Balaban J connectivity index is 2.15. The highest BCUT2D eigenvalue weighted by molar-refractivity contribution is 5.70. The summed E-state index contributed by atoms with van der Waals surface area (Å²) < 4.78 is 0. The Kier molecular flexibility index (Phi) is 4.84. The molecule has 0 aliphatic heterocycles. The molecule has 1 atom stereocenters. The van der Waals surface area contributed by atoms with Crippen LogP contribution in [0.3, 0.4) is 0 Å². The third-order valence-electron chi connectivity index (χ3n) is 2.38. The minimum absolute atomic E-state index is 0.495. The van der Waals surface area contributed by atoms with Gasteiger partial charge in [-0.05, 0) is 24.8 Å². The molecule has 0 aromatic heterocycles. The molecule has 3 heteroatoms. The van der Waals surface area contributed by atoms with Crippen molar-refractivity contribution in [3.05, 3.63) is 35.9 Å². The molecule has 0 aliphatic carbocycles. The van der Waals surface area contributed by atoms with Crippen molar-refractivity contribution >= 4 is 5.97 Å². The van der Waals surface area contributed by atoms with Gasteiger partial charge >= 0.3 is 0 Å². The van der Waals surface area contributed by atoms with Gasteiger partial charge in [0.15, 0.2) is 0 Å². The minimum atomic E-state index is -1.16. The predicted molar refractivity (Wildman–Crippen MR) is 57.0 cm³/mol. The highest BCUT2D eigenvalue weighted by atomic mass is 16.4. The Morgan fingerprint density at radius 3 is 2.53 bits per heavy atom. The average molecular weight is 206 g/mol.